The van der Waals surface area contributed by atoms with Crippen molar-refractivity contribution < 1.29 is 39.5 Å². The zero-order chi connectivity index (χ0) is 24.2. The molecule has 0 aliphatic heterocycles. The van der Waals surface area contributed by atoms with E-state index in [-0.39, 0.29) is 46.2 Å². The van der Waals surface area contributed by atoms with Gasteiger partial charge in [0, 0.05) is 40.5 Å². The molecule has 2 aromatic carbocycles. The van der Waals surface area contributed by atoms with Crippen molar-refractivity contribution in [1.29, 1.82) is 0 Å². The van der Waals surface area contributed by atoms with Gasteiger partial charge >= 0.3 is 6.09 Å². The average Bonchev–Trinajstić information content (AvgIpc) is 3.31. The van der Waals surface area contributed by atoms with Crippen molar-refractivity contribution in [2.24, 2.45) is 0 Å². The van der Waals surface area contributed by atoms with E-state index in [1.165, 1.54) is 23.5 Å². The third kappa shape index (κ3) is 3.43. The van der Waals surface area contributed by atoms with Gasteiger partial charge in [0.25, 0.3) is 0 Å². The molecule has 0 fully saturated rings. The Kier molecular flexibility index (Phi) is 5.16. The van der Waals surface area contributed by atoms with E-state index in [0.717, 1.165) is 0 Å². The Labute approximate surface area is 196 Å². The fraction of sp³-hybridized carbons (Fsp3) is 0.208. The van der Waals surface area contributed by atoms with E-state index in [1.807, 2.05) is 0 Å². The van der Waals surface area contributed by atoms with Crippen LogP contribution in [0.2, 0.25) is 0 Å². The van der Waals surface area contributed by atoms with Gasteiger partial charge in [0.2, 0.25) is 0 Å². The van der Waals surface area contributed by atoms with E-state index in [1.54, 1.807) is 29.0 Å². The summed E-state index contributed by atoms with van der Waals surface area (Å²) in [6.45, 7) is -0.521. The van der Waals surface area contributed by atoms with Crippen LogP contribution < -0.4 is 5.32 Å². The number of carbonyl (C=O) groups is 3. The molecule has 3 aromatic rings. The lowest BCUT2D eigenvalue weighted by Crippen LogP contribution is -2.43. The fourth-order valence-electron chi connectivity index (χ4n) is 4.58. The fourth-order valence-corrected chi connectivity index (χ4v) is 5.17. The first-order valence-corrected chi connectivity index (χ1v) is 11.3. The van der Waals surface area contributed by atoms with Crippen LogP contribution in [0.4, 0.5) is 10.5 Å². The normalized spacial score (nSPS) is 20.8. The predicted octanol–water partition coefficient (Wildman–Crippen LogP) is 2.89. The number of amides is 1. The van der Waals surface area contributed by atoms with Crippen molar-refractivity contribution in [2.75, 3.05) is 11.9 Å². The van der Waals surface area contributed by atoms with Crippen LogP contribution in [0.25, 0.3) is 0 Å². The van der Waals surface area contributed by atoms with Crippen molar-refractivity contribution in [1.82, 2.24) is 0 Å². The quantitative estimate of drug-likeness (QED) is 0.280. The van der Waals surface area contributed by atoms with Crippen molar-refractivity contribution in [2.45, 2.75) is 24.5 Å². The lowest BCUT2D eigenvalue weighted by Gasteiger charge is -2.37. The Hall–Kier alpha value is -3.73. The minimum Gasteiger partial charge on any atom is -0.507 e. The molecule has 0 unspecified atom stereocenters. The molecule has 2 atom stereocenters. The predicted molar refractivity (Wildman–Crippen MR) is 121 cm³/mol. The maximum Gasteiger partial charge on any atom is 0.411 e. The van der Waals surface area contributed by atoms with Crippen LogP contribution in [0.5, 0.6) is 11.5 Å². The van der Waals surface area contributed by atoms with Crippen molar-refractivity contribution >= 4 is 34.7 Å². The zero-order valence-corrected chi connectivity index (χ0v) is 18.4. The topological polar surface area (TPSA) is 153 Å². The number of thiophene rings is 1. The van der Waals surface area contributed by atoms with E-state index in [2.05, 4.69) is 5.32 Å². The molecule has 174 valence electrons. The number of fused-ring (bicyclic) bond motifs is 3. The summed E-state index contributed by atoms with van der Waals surface area (Å²) in [6, 6.07) is 7.71. The smallest absolute Gasteiger partial charge is 0.411 e. The van der Waals surface area contributed by atoms with Gasteiger partial charge in [-0.3, -0.25) is 14.9 Å². The molecular formula is C24H19NO8S. The number of aliphatic hydroxyl groups excluding tert-OH is 1. The molecule has 1 aromatic heterocycles. The van der Waals surface area contributed by atoms with Crippen LogP contribution in [0, 0.1) is 0 Å². The molecule has 2 aliphatic carbocycles. The maximum absolute atomic E-state index is 13.1. The number of ether oxygens (including phenoxy) is 1. The second kappa shape index (κ2) is 7.94. The molecule has 5 rings (SSSR count). The number of phenolic OH excluding ortho intramolecular Hbond substituents is 2. The first-order valence-electron chi connectivity index (χ1n) is 10.4. The molecule has 2 aliphatic rings. The zero-order valence-electron chi connectivity index (χ0n) is 17.6. The molecule has 1 amide bonds. The van der Waals surface area contributed by atoms with Gasteiger partial charge < -0.3 is 25.2 Å². The highest BCUT2D eigenvalue weighted by atomic mass is 32.1. The molecule has 1 heterocycles. The first-order chi connectivity index (χ1) is 16.2. The van der Waals surface area contributed by atoms with E-state index < -0.39 is 47.5 Å². The third-order valence-electron chi connectivity index (χ3n) is 6.11. The van der Waals surface area contributed by atoms with Crippen molar-refractivity contribution in [3.63, 3.8) is 0 Å². The summed E-state index contributed by atoms with van der Waals surface area (Å²) in [6.07, 6.45) is -2.98. The number of benzene rings is 2. The second-order valence-corrected chi connectivity index (χ2v) is 9.16. The third-order valence-corrected chi connectivity index (χ3v) is 6.80. The van der Waals surface area contributed by atoms with Crippen LogP contribution in [0.15, 0.2) is 41.1 Å². The molecule has 0 radical (unpaired) electrons. The first kappa shape index (κ1) is 22.1. The van der Waals surface area contributed by atoms with E-state index in [4.69, 9.17) is 4.74 Å². The van der Waals surface area contributed by atoms with Crippen LogP contribution in [0.1, 0.15) is 55.5 Å². The Balaban J connectivity index is 1.49. The minimum atomic E-state index is -1.80. The number of hydrogen-bond donors (Lipinski definition) is 5. The number of nitrogens with one attached hydrogen (secondary N) is 1. The number of aliphatic hydroxyl groups is 2. The summed E-state index contributed by atoms with van der Waals surface area (Å²) in [4.78, 5) is 38.2. The van der Waals surface area contributed by atoms with Gasteiger partial charge in [-0.1, -0.05) is 24.3 Å². The molecule has 5 N–H and O–H groups in total. The largest absolute Gasteiger partial charge is 0.507 e. The highest BCUT2D eigenvalue weighted by Gasteiger charge is 2.45. The monoisotopic (exact) mass is 481 g/mol. The molecule has 0 bridgehead atoms. The van der Waals surface area contributed by atoms with E-state index in [0.29, 0.717) is 5.69 Å². The van der Waals surface area contributed by atoms with Gasteiger partial charge in [-0.2, -0.15) is 11.3 Å². The summed E-state index contributed by atoms with van der Waals surface area (Å²) in [5.41, 5.74) is -2.09. The number of hydrogen-bond acceptors (Lipinski definition) is 9. The molecule has 9 nitrogen and oxygen atoms in total. The SMILES string of the molecule is O=C(Nc1ccsc1)OC[C@]1(O)Cc2c(O)c3c(c(O)c2[C@@H](O)C1)C(=O)c1ccccc1C3=O. The molecule has 0 saturated heterocycles. The number of carbonyl (C=O) groups excluding carboxylic acids is 3. The number of aromatic hydroxyl groups is 2. The lowest BCUT2D eigenvalue weighted by molar-refractivity contribution is -0.0613. The molecular weight excluding hydrogens is 462 g/mol. The second-order valence-electron chi connectivity index (χ2n) is 8.38. The summed E-state index contributed by atoms with van der Waals surface area (Å²) >= 11 is 1.37. The maximum atomic E-state index is 13.1. The Morgan fingerprint density at radius 3 is 2.35 bits per heavy atom. The summed E-state index contributed by atoms with van der Waals surface area (Å²) in [5, 5.41) is 49.6. The van der Waals surface area contributed by atoms with Crippen molar-refractivity contribution in [3.8, 4) is 11.5 Å². The highest BCUT2D eigenvalue weighted by molar-refractivity contribution is 7.08. The Morgan fingerprint density at radius 1 is 1.09 bits per heavy atom. The summed E-state index contributed by atoms with van der Waals surface area (Å²) in [7, 11) is 0. The number of anilines is 1. The van der Waals surface area contributed by atoms with Gasteiger partial charge in [0.05, 0.1) is 22.9 Å². The van der Waals surface area contributed by atoms with Gasteiger partial charge in [-0.05, 0) is 11.4 Å². The number of phenols is 2. The Bertz CT molecular complexity index is 1350. The van der Waals surface area contributed by atoms with Crippen LogP contribution in [-0.4, -0.2) is 50.3 Å². The summed E-state index contributed by atoms with van der Waals surface area (Å²) < 4.78 is 5.12. The molecule has 0 spiro atoms. The van der Waals surface area contributed by atoms with Crippen molar-refractivity contribution in [3.05, 3.63) is 74.5 Å². The summed E-state index contributed by atoms with van der Waals surface area (Å²) in [5.74, 6) is -2.52. The van der Waals surface area contributed by atoms with Gasteiger partial charge in [-0.25, -0.2) is 4.79 Å². The molecule has 34 heavy (non-hydrogen) atoms. The van der Waals surface area contributed by atoms with Gasteiger partial charge in [0.1, 0.15) is 23.7 Å². The average molecular weight is 481 g/mol. The standard InChI is InChI=1S/C24H19NO8S/c26-15-8-24(32,10-33-23(31)25-11-5-6-34-9-11)7-14-16(15)22(30)18-17(21(14)29)19(27)12-3-1-2-4-13(12)20(18)28/h1-6,9,15,26,29-30,32H,7-8,10H2,(H,25,31)/t15-,24-/m0/s1. The molecule has 10 heteroatoms. The Morgan fingerprint density at radius 2 is 1.74 bits per heavy atom. The van der Waals surface area contributed by atoms with Crippen LogP contribution >= 0.6 is 11.3 Å². The lowest BCUT2D eigenvalue weighted by atomic mass is 9.73. The van der Waals surface area contributed by atoms with Crippen LogP contribution in [0.3, 0.4) is 0 Å². The number of ketones is 2. The van der Waals surface area contributed by atoms with Crippen LogP contribution in [-0.2, 0) is 11.2 Å². The van der Waals surface area contributed by atoms with E-state index >= 15 is 0 Å². The number of rotatable bonds is 3. The van der Waals surface area contributed by atoms with Gasteiger partial charge in [0.15, 0.2) is 11.6 Å². The minimum absolute atomic E-state index is 0.0784. The highest BCUT2D eigenvalue weighted by Crippen LogP contribution is 2.50. The molecule has 0 saturated carbocycles. The van der Waals surface area contributed by atoms with Gasteiger partial charge in [-0.15, -0.1) is 0 Å². The van der Waals surface area contributed by atoms with E-state index in [9.17, 15) is 34.8 Å².